The fourth-order valence-electron chi connectivity index (χ4n) is 4.13. The smallest absolute Gasteiger partial charge is 0.109 e. The Bertz CT molecular complexity index is 414. The van der Waals surface area contributed by atoms with Crippen LogP contribution in [0.5, 0.6) is 0 Å². The van der Waals surface area contributed by atoms with E-state index in [1.165, 1.54) is 37.1 Å². The second kappa shape index (κ2) is 6.12. The zero-order valence-corrected chi connectivity index (χ0v) is 13.4. The second-order valence-electron chi connectivity index (χ2n) is 6.17. The average molecular weight is 294 g/mol. The van der Waals surface area contributed by atoms with Crippen LogP contribution in [0.4, 0.5) is 0 Å². The van der Waals surface area contributed by atoms with Crippen LogP contribution in [0, 0.1) is 5.41 Å². The van der Waals surface area contributed by atoms with Crippen molar-refractivity contribution in [3.05, 3.63) is 16.6 Å². The fourth-order valence-corrected chi connectivity index (χ4v) is 4.92. The first kappa shape index (κ1) is 14.5. The Kier molecular flexibility index (Phi) is 4.43. The van der Waals surface area contributed by atoms with Gasteiger partial charge in [0.05, 0.1) is 12.1 Å². The Morgan fingerprint density at radius 1 is 1.45 bits per heavy atom. The minimum atomic E-state index is 0.417. The minimum Gasteiger partial charge on any atom is -0.378 e. The molecule has 1 N–H and O–H groups in total. The molecule has 2 saturated carbocycles. The molecule has 3 unspecified atom stereocenters. The summed E-state index contributed by atoms with van der Waals surface area (Å²) < 4.78 is 6.00. The van der Waals surface area contributed by atoms with E-state index in [1.807, 2.05) is 6.20 Å². The lowest BCUT2D eigenvalue weighted by atomic mass is 9.60. The molecule has 0 radical (unpaired) electrons. The van der Waals surface area contributed by atoms with E-state index in [1.54, 1.807) is 11.3 Å². The number of nitrogens with one attached hydrogen (secondary N) is 1. The summed E-state index contributed by atoms with van der Waals surface area (Å²) >= 11 is 1.77. The van der Waals surface area contributed by atoms with Gasteiger partial charge in [-0.15, -0.1) is 11.3 Å². The molecule has 4 heteroatoms. The SMILES string of the molecule is CCOC1CC(NC(CC)c2nccs2)C12CCCC2. The lowest BCUT2D eigenvalue weighted by Crippen LogP contribution is -2.63. The van der Waals surface area contributed by atoms with E-state index < -0.39 is 0 Å². The summed E-state index contributed by atoms with van der Waals surface area (Å²) in [7, 11) is 0. The first-order valence-electron chi connectivity index (χ1n) is 8.07. The molecule has 2 fully saturated rings. The highest BCUT2D eigenvalue weighted by molar-refractivity contribution is 7.09. The van der Waals surface area contributed by atoms with Crippen LogP contribution in [-0.2, 0) is 4.74 Å². The Balaban J connectivity index is 1.68. The van der Waals surface area contributed by atoms with E-state index in [0.717, 1.165) is 13.0 Å². The largest absolute Gasteiger partial charge is 0.378 e. The van der Waals surface area contributed by atoms with E-state index in [0.29, 0.717) is 23.6 Å². The second-order valence-corrected chi connectivity index (χ2v) is 7.10. The molecule has 20 heavy (non-hydrogen) atoms. The van der Waals surface area contributed by atoms with Gasteiger partial charge in [-0.05, 0) is 32.6 Å². The summed E-state index contributed by atoms with van der Waals surface area (Å²) in [5.74, 6) is 0. The fraction of sp³-hybridized carbons (Fsp3) is 0.812. The van der Waals surface area contributed by atoms with Crippen LogP contribution in [0.3, 0.4) is 0 Å². The third-order valence-electron chi connectivity index (χ3n) is 5.25. The molecule has 0 aliphatic heterocycles. The van der Waals surface area contributed by atoms with Crippen LogP contribution >= 0.6 is 11.3 Å². The highest BCUT2D eigenvalue weighted by Crippen LogP contribution is 2.55. The van der Waals surface area contributed by atoms with Crippen molar-refractivity contribution in [3.8, 4) is 0 Å². The molecular formula is C16H26N2OS. The zero-order chi connectivity index (χ0) is 14.0. The number of thiazole rings is 1. The van der Waals surface area contributed by atoms with Crippen molar-refractivity contribution in [2.24, 2.45) is 5.41 Å². The molecule has 0 amide bonds. The van der Waals surface area contributed by atoms with Crippen molar-refractivity contribution in [1.29, 1.82) is 0 Å². The van der Waals surface area contributed by atoms with E-state index >= 15 is 0 Å². The van der Waals surface area contributed by atoms with Crippen LogP contribution < -0.4 is 5.32 Å². The van der Waals surface area contributed by atoms with Gasteiger partial charge < -0.3 is 10.1 Å². The summed E-state index contributed by atoms with van der Waals surface area (Å²) in [5, 5.41) is 7.21. The molecule has 0 bridgehead atoms. The van der Waals surface area contributed by atoms with Gasteiger partial charge in [-0.25, -0.2) is 4.98 Å². The number of rotatable bonds is 6. The number of hydrogen-bond acceptors (Lipinski definition) is 4. The van der Waals surface area contributed by atoms with Crippen molar-refractivity contribution < 1.29 is 4.74 Å². The number of hydrogen-bond donors (Lipinski definition) is 1. The monoisotopic (exact) mass is 294 g/mol. The zero-order valence-electron chi connectivity index (χ0n) is 12.6. The van der Waals surface area contributed by atoms with Crippen LogP contribution in [0.15, 0.2) is 11.6 Å². The summed E-state index contributed by atoms with van der Waals surface area (Å²) in [6.07, 6.45) is 10.1. The summed E-state index contributed by atoms with van der Waals surface area (Å²) in [6.45, 7) is 5.22. The van der Waals surface area contributed by atoms with Gasteiger partial charge >= 0.3 is 0 Å². The highest BCUT2D eigenvalue weighted by Gasteiger charge is 2.56. The third-order valence-corrected chi connectivity index (χ3v) is 6.14. The highest BCUT2D eigenvalue weighted by atomic mass is 32.1. The lowest BCUT2D eigenvalue weighted by molar-refractivity contribution is -0.132. The van der Waals surface area contributed by atoms with E-state index in [-0.39, 0.29) is 0 Å². The van der Waals surface area contributed by atoms with Crippen LogP contribution in [0.1, 0.15) is 63.4 Å². The predicted molar refractivity (Wildman–Crippen MR) is 83.0 cm³/mol. The van der Waals surface area contributed by atoms with Gasteiger partial charge in [0.2, 0.25) is 0 Å². The van der Waals surface area contributed by atoms with Gasteiger partial charge in [0.15, 0.2) is 0 Å². The van der Waals surface area contributed by atoms with Crippen molar-refractivity contribution in [2.45, 2.75) is 70.6 Å². The van der Waals surface area contributed by atoms with E-state index in [2.05, 4.69) is 29.5 Å². The molecule has 3 atom stereocenters. The maximum atomic E-state index is 6.00. The molecule has 1 heterocycles. The summed E-state index contributed by atoms with van der Waals surface area (Å²) in [5.41, 5.74) is 0.417. The van der Waals surface area contributed by atoms with Crippen molar-refractivity contribution in [1.82, 2.24) is 10.3 Å². The molecule has 3 rings (SSSR count). The predicted octanol–water partition coefficient (Wildman–Crippen LogP) is 3.92. The number of aromatic nitrogens is 1. The molecule has 112 valence electrons. The minimum absolute atomic E-state index is 0.417. The first-order valence-corrected chi connectivity index (χ1v) is 8.95. The Morgan fingerprint density at radius 2 is 2.25 bits per heavy atom. The van der Waals surface area contributed by atoms with Crippen LogP contribution in [0.2, 0.25) is 0 Å². The molecule has 0 saturated heterocycles. The maximum absolute atomic E-state index is 6.00. The van der Waals surface area contributed by atoms with Crippen LogP contribution in [-0.4, -0.2) is 23.7 Å². The van der Waals surface area contributed by atoms with Crippen molar-refractivity contribution >= 4 is 11.3 Å². The quantitative estimate of drug-likeness (QED) is 0.863. The Hall–Kier alpha value is -0.450. The molecule has 1 aromatic heterocycles. The molecule has 3 nitrogen and oxygen atoms in total. The van der Waals surface area contributed by atoms with Crippen molar-refractivity contribution in [3.63, 3.8) is 0 Å². The Morgan fingerprint density at radius 3 is 2.85 bits per heavy atom. The summed E-state index contributed by atoms with van der Waals surface area (Å²) in [4.78, 5) is 4.49. The van der Waals surface area contributed by atoms with Gasteiger partial charge in [0, 0.05) is 29.6 Å². The average Bonchev–Trinajstić information content (AvgIpc) is 3.13. The number of nitrogens with zero attached hydrogens (tertiary/aromatic N) is 1. The van der Waals surface area contributed by atoms with Gasteiger partial charge in [-0.3, -0.25) is 0 Å². The van der Waals surface area contributed by atoms with Gasteiger partial charge in [-0.1, -0.05) is 19.8 Å². The van der Waals surface area contributed by atoms with Crippen molar-refractivity contribution in [2.75, 3.05) is 6.61 Å². The molecule has 2 aliphatic carbocycles. The number of ether oxygens (including phenoxy) is 1. The summed E-state index contributed by atoms with van der Waals surface area (Å²) in [6, 6.07) is 1.04. The standard InChI is InChI=1S/C16H26N2OS/c1-3-12(15-17-9-10-20-15)18-13-11-14(19-4-2)16(13)7-5-6-8-16/h9-10,12-14,18H,3-8,11H2,1-2H3. The molecule has 1 aromatic rings. The lowest BCUT2D eigenvalue weighted by Gasteiger charge is -2.55. The van der Waals surface area contributed by atoms with Gasteiger partial charge in [0.25, 0.3) is 0 Å². The normalized spacial score (nSPS) is 29.5. The van der Waals surface area contributed by atoms with Gasteiger partial charge in [-0.2, -0.15) is 0 Å². The first-order chi connectivity index (χ1) is 9.80. The topological polar surface area (TPSA) is 34.1 Å². The molecule has 1 spiro atoms. The maximum Gasteiger partial charge on any atom is 0.109 e. The van der Waals surface area contributed by atoms with E-state index in [4.69, 9.17) is 4.74 Å². The third kappa shape index (κ3) is 2.42. The molecule has 2 aliphatic rings. The Labute approximate surface area is 126 Å². The molecule has 0 aromatic carbocycles. The van der Waals surface area contributed by atoms with Crippen LogP contribution in [0.25, 0.3) is 0 Å². The van der Waals surface area contributed by atoms with E-state index in [9.17, 15) is 0 Å². The molecular weight excluding hydrogens is 268 g/mol. The van der Waals surface area contributed by atoms with Gasteiger partial charge in [0.1, 0.15) is 5.01 Å².